The molecule has 2 N–H and O–H groups in total. The second kappa shape index (κ2) is 11.4. The molecule has 3 rings (SSSR count). The Hall–Kier alpha value is -2.75. The van der Waals surface area contributed by atoms with Crippen molar-refractivity contribution in [2.45, 2.75) is 25.5 Å². The molecule has 0 saturated heterocycles. The number of hydrogen-bond acceptors (Lipinski definition) is 6. The number of para-hydroxylation sites is 1. The Labute approximate surface area is 206 Å². The molecule has 1 heterocycles. The van der Waals surface area contributed by atoms with Gasteiger partial charge in [0.2, 0.25) is 5.91 Å². The summed E-state index contributed by atoms with van der Waals surface area (Å²) in [5.74, 6) is 0.864. The van der Waals surface area contributed by atoms with Crippen molar-refractivity contribution in [2.24, 2.45) is 7.05 Å². The van der Waals surface area contributed by atoms with Crippen LogP contribution < -0.4 is 15.4 Å². The molecular weight excluding hydrogens is 485 g/mol. The zero-order valence-electron chi connectivity index (χ0n) is 18.3. The number of halogens is 2. The van der Waals surface area contributed by atoms with Gasteiger partial charge in [0.1, 0.15) is 5.75 Å². The van der Waals surface area contributed by atoms with Crippen molar-refractivity contribution in [2.75, 3.05) is 17.7 Å². The van der Waals surface area contributed by atoms with Crippen LogP contribution in [0.1, 0.15) is 17.0 Å². The Morgan fingerprint density at radius 2 is 1.82 bits per heavy atom. The molecule has 0 atom stereocenters. The zero-order valence-corrected chi connectivity index (χ0v) is 20.6. The summed E-state index contributed by atoms with van der Waals surface area (Å²) >= 11 is 13.2. The number of benzene rings is 2. The lowest BCUT2D eigenvalue weighted by molar-refractivity contribution is -0.123. The van der Waals surface area contributed by atoms with Gasteiger partial charge in [-0.15, -0.1) is 10.2 Å². The van der Waals surface area contributed by atoms with Crippen molar-refractivity contribution in [1.82, 2.24) is 20.1 Å². The number of carbonyl (C=O) groups is 2. The van der Waals surface area contributed by atoms with Gasteiger partial charge in [-0.3, -0.25) is 9.59 Å². The topological polar surface area (TPSA) is 98.1 Å². The van der Waals surface area contributed by atoms with E-state index in [2.05, 4.69) is 20.8 Å². The van der Waals surface area contributed by atoms with Crippen molar-refractivity contribution in [1.29, 1.82) is 0 Å². The van der Waals surface area contributed by atoms with E-state index in [0.29, 0.717) is 32.5 Å². The van der Waals surface area contributed by atoms with Crippen LogP contribution in [0.25, 0.3) is 0 Å². The van der Waals surface area contributed by atoms with E-state index < -0.39 is 0 Å². The quantitative estimate of drug-likeness (QED) is 0.421. The number of hydrogen-bond donors (Lipinski definition) is 2. The molecule has 0 radical (unpaired) electrons. The van der Waals surface area contributed by atoms with E-state index in [-0.39, 0.29) is 30.7 Å². The molecule has 2 amide bonds. The van der Waals surface area contributed by atoms with Gasteiger partial charge in [0.15, 0.2) is 17.6 Å². The first-order chi connectivity index (χ1) is 15.7. The normalized spacial score (nSPS) is 10.7. The van der Waals surface area contributed by atoms with Gasteiger partial charge in [0, 0.05) is 12.1 Å². The molecule has 0 fully saturated rings. The number of nitrogens with one attached hydrogen (secondary N) is 2. The van der Waals surface area contributed by atoms with Gasteiger partial charge in [0.25, 0.3) is 5.91 Å². The average molecular weight is 508 g/mol. The molecule has 1 aromatic heterocycles. The number of anilines is 1. The molecule has 174 valence electrons. The largest absolute Gasteiger partial charge is 0.483 e. The molecule has 0 saturated carbocycles. The third-order valence-corrected chi connectivity index (χ3v) is 6.23. The highest BCUT2D eigenvalue weighted by atomic mass is 35.5. The minimum absolute atomic E-state index is 0.0986. The number of thioether (sulfide) groups is 1. The predicted molar refractivity (Wildman–Crippen MR) is 130 cm³/mol. The minimum Gasteiger partial charge on any atom is -0.483 e. The van der Waals surface area contributed by atoms with E-state index in [0.717, 1.165) is 11.1 Å². The van der Waals surface area contributed by atoms with Crippen LogP contribution in [0.2, 0.25) is 10.0 Å². The van der Waals surface area contributed by atoms with Crippen LogP contribution in [0, 0.1) is 13.8 Å². The number of nitrogens with zero attached hydrogens (tertiary/aromatic N) is 3. The maximum atomic E-state index is 12.2. The van der Waals surface area contributed by atoms with Crippen LogP contribution in [-0.2, 0) is 23.2 Å². The third kappa shape index (κ3) is 6.86. The second-order valence-corrected chi connectivity index (χ2v) is 8.99. The lowest BCUT2D eigenvalue weighted by atomic mass is 10.1. The van der Waals surface area contributed by atoms with Gasteiger partial charge in [-0.2, -0.15) is 0 Å². The molecule has 0 unspecified atom stereocenters. The van der Waals surface area contributed by atoms with Crippen LogP contribution in [0.15, 0.2) is 41.6 Å². The Bertz CT molecular complexity index is 1150. The Morgan fingerprint density at radius 1 is 1.09 bits per heavy atom. The highest BCUT2D eigenvalue weighted by Gasteiger charge is 2.14. The molecule has 33 heavy (non-hydrogen) atoms. The first-order valence-electron chi connectivity index (χ1n) is 9.96. The highest BCUT2D eigenvalue weighted by molar-refractivity contribution is 7.99. The maximum Gasteiger partial charge on any atom is 0.258 e. The van der Waals surface area contributed by atoms with Gasteiger partial charge in [-0.25, -0.2) is 0 Å². The molecule has 0 bridgehead atoms. The summed E-state index contributed by atoms with van der Waals surface area (Å²) in [6.07, 6.45) is 0. The van der Waals surface area contributed by atoms with Gasteiger partial charge in [-0.05, 0) is 43.2 Å². The smallest absolute Gasteiger partial charge is 0.258 e. The standard InChI is InChI=1S/C22H23Cl2N5O3S/c1-13-5-4-6-14(2)21(13)32-11-19(30)25-10-18-27-28-22(29(18)3)33-12-20(31)26-17-8-7-15(23)9-16(17)24/h4-9H,10-12H2,1-3H3,(H,25,30)(H,26,31). The Kier molecular flexibility index (Phi) is 8.60. The fourth-order valence-corrected chi connectivity index (χ4v) is 4.11. The molecule has 8 nitrogen and oxygen atoms in total. The second-order valence-electron chi connectivity index (χ2n) is 7.21. The van der Waals surface area contributed by atoms with Crippen LogP contribution >= 0.6 is 35.0 Å². The number of ether oxygens (including phenoxy) is 1. The Morgan fingerprint density at radius 3 is 2.52 bits per heavy atom. The minimum atomic E-state index is -0.269. The number of aryl methyl sites for hydroxylation is 2. The number of carbonyl (C=O) groups excluding carboxylic acids is 2. The monoisotopic (exact) mass is 507 g/mol. The van der Waals surface area contributed by atoms with Crippen molar-refractivity contribution in [3.8, 4) is 5.75 Å². The van der Waals surface area contributed by atoms with Gasteiger partial charge < -0.3 is 19.9 Å². The first-order valence-corrected chi connectivity index (χ1v) is 11.7. The first kappa shape index (κ1) is 24.9. The summed E-state index contributed by atoms with van der Waals surface area (Å²) in [6.45, 7) is 3.96. The molecule has 0 aliphatic carbocycles. The molecule has 3 aromatic rings. The van der Waals surface area contributed by atoms with Crippen LogP contribution in [0.5, 0.6) is 5.75 Å². The molecule has 0 aliphatic rings. The van der Waals surface area contributed by atoms with Gasteiger partial charge >= 0.3 is 0 Å². The summed E-state index contributed by atoms with van der Waals surface area (Å²) in [6, 6.07) is 10.7. The van der Waals surface area contributed by atoms with Gasteiger partial charge in [0.05, 0.1) is 23.0 Å². The summed E-state index contributed by atoms with van der Waals surface area (Å²) in [5.41, 5.74) is 2.43. The predicted octanol–water partition coefficient (Wildman–Crippen LogP) is 4.16. The molecular formula is C22H23Cl2N5O3S. The summed E-state index contributed by atoms with van der Waals surface area (Å²) in [5, 5.41) is 15.1. The van der Waals surface area contributed by atoms with E-state index in [1.807, 2.05) is 32.0 Å². The summed E-state index contributed by atoms with van der Waals surface area (Å²) in [4.78, 5) is 24.4. The molecule has 0 aliphatic heterocycles. The number of amides is 2. The number of aromatic nitrogens is 3. The molecule has 11 heteroatoms. The fourth-order valence-electron chi connectivity index (χ4n) is 2.93. The Balaban J connectivity index is 1.47. The van der Waals surface area contributed by atoms with E-state index >= 15 is 0 Å². The van der Waals surface area contributed by atoms with E-state index in [9.17, 15) is 9.59 Å². The van der Waals surface area contributed by atoms with E-state index in [4.69, 9.17) is 27.9 Å². The van der Waals surface area contributed by atoms with Crippen molar-refractivity contribution < 1.29 is 14.3 Å². The SMILES string of the molecule is Cc1cccc(C)c1OCC(=O)NCc1nnc(SCC(=O)Nc2ccc(Cl)cc2Cl)n1C. The van der Waals surface area contributed by atoms with Gasteiger partial charge in [-0.1, -0.05) is 53.2 Å². The molecule has 2 aromatic carbocycles. The summed E-state index contributed by atoms with van der Waals surface area (Å²) in [7, 11) is 1.77. The fraction of sp³-hybridized carbons (Fsp3) is 0.273. The average Bonchev–Trinajstić information content (AvgIpc) is 3.12. The van der Waals surface area contributed by atoms with Crippen LogP contribution in [0.3, 0.4) is 0 Å². The van der Waals surface area contributed by atoms with Crippen molar-refractivity contribution >= 4 is 52.5 Å². The lowest BCUT2D eigenvalue weighted by Crippen LogP contribution is -2.29. The van der Waals surface area contributed by atoms with Crippen LogP contribution in [-0.4, -0.2) is 38.9 Å². The zero-order chi connectivity index (χ0) is 24.0. The highest BCUT2D eigenvalue weighted by Crippen LogP contribution is 2.26. The van der Waals surface area contributed by atoms with E-state index in [1.54, 1.807) is 29.8 Å². The molecule has 0 spiro atoms. The van der Waals surface area contributed by atoms with Crippen molar-refractivity contribution in [3.05, 3.63) is 63.4 Å². The maximum absolute atomic E-state index is 12.2. The van der Waals surface area contributed by atoms with E-state index in [1.165, 1.54) is 11.8 Å². The lowest BCUT2D eigenvalue weighted by Gasteiger charge is -2.12. The van der Waals surface area contributed by atoms with Crippen LogP contribution in [0.4, 0.5) is 5.69 Å². The third-order valence-electron chi connectivity index (χ3n) is 4.66. The number of rotatable bonds is 9. The van der Waals surface area contributed by atoms with Crippen molar-refractivity contribution in [3.63, 3.8) is 0 Å². The summed E-state index contributed by atoms with van der Waals surface area (Å²) < 4.78 is 7.38.